The summed E-state index contributed by atoms with van der Waals surface area (Å²) in [6, 6.07) is 7.99. The van der Waals surface area contributed by atoms with E-state index in [2.05, 4.69) is 21.9 Å². The van der Waals surface area contributed by atoms with Crippen LogP contribution in [0, 0.1) is 0 Å². The fourth-order valence-electron chi connectivity index (χ4n) is 2.06. The average molecular weight is 206 g/mol. The molecule has 0 atom stereocenters. The van der Waals surface area contributed by atoms with Crippen molar-refractivity contribution >= 4 is 5.69 Å². The van der Waals surface area contributed by atoms with E-state index in [0.717, 1.165) is 0 Å². The van der Waals surface area contributed by atoms with E-state index in [1.807, 2.05) is 12.1 Å². The molecule has 0 unspecified atom stereocenters. The van der Waals surface area contributed by atoms with E-state index in [1.165, 1.54) is 44.5 Å². The highest BCUT2D eigenvalue weighted by Crippen LogP contribution is 2.21. The maximum atomic E-state index is 5.09. The molecule has 0 saturated carbocycles. The van der Waals surface area contributed by atoms with Crippen molar-refractivity contribution in [3.05, 3.63) is 24.3 Å². The van der Waals surface area contributed by atoms with Gasteiger partial charge < -0.3 is 9.74 Å². The first-order chi connectivity index (χ1) is 7.40. The maximum absolute atomic E-state index is 5.09. The molecule has 0 aromatic heterocycles. The first kappa shape index (κ1) is 10.3. The molecule has 1 aromatic rings. The van der Waals surface area contributed by atoms with E-state index >= 15 is 0 Å². The van der Waals surface area contributed by atoms with Crippen molar-refractivity contribution in [3.63, 3.8) is 0 Å². The van der Waals surface area contributed by atoms with Gasteiger partial charge >= 0.3 is 0 Å². The van der Waals surface area contributed by atoms with Crippen molar-refractivity contribution in [2.24, 2.45) is 5.90 Å². The van der Waals surface area contributed by atoms with Gasteiger partial charge in [-0.1, -0.05) is 12.8 Å². The zero-order valence-electron chi connectivity index (χ0n) is 8.98. The van der Waals surface area contributed by atoms with Gasteiger partial charge in [0.2, 0.25) is 0 Å². The Balaban J connectivity index is 2.06. The number of nitrogens with zero attached hydrogens (tertiary/aromatic N) is 1. The molecule has 1 heterocycles. The molecule has 1 aromatic carbocycles. The van der Waals surface area contributed by atoms with Gasteiger partial charge in [-0.3, -0.25) is 0 Å². The smallest absolute Gasteiger partial charge is 0.146 e. The number of hydrogen-bond donors (Lipinski definition) is 1. The van der Waals surface area contributed by atoms with Crippen molar-refractivity contribution in [1.82, 2.24) is 0 Å². The lowest BCUT2D eigenvalue weighted by molar-refractivity contribution is 0.334. The molecule has 3 nitrogen and oxygen atoms in total. The van der Waals surface area contributed by atoms with Crippen molar-refractivity contribution in [2.45, 2.75) is 25.7 Å². The van der Waals surface area contributed by atoms with Crippen LogP contribution in [0.1, 0.15) is 25.7 Å². The predicted octanol–water partition coefficient (Wildman–Crippen LogP) is 2.32. The van der Waals surface area contributed by atoms with Gasteiger partial charge in [-0.15, -0.1) is 0 Å². The predicted molar refractivity (Wildman–Crippen MR) is 61.9 cm³/mol. The first-order valence-corrected chi connectivity index (χ1v) is 5.62. The molecular weight excluding hydrogens is 188 g/mol. The van der Waals surface area contributed by atoms with Crippen LogP contribution in [0.2, 0.25) is 0 Å². The molecule has 1 aliphatic rings. The SMILES string of the molecule is NOc1ccc(N2CCCCCC2)cc1. The summed E-state index contributed by atoms with van der Waals surface area (Å²) in [5.74, 6) is 5.81. The number of hydrogen-bond acceptors (Lipinski definition) is 3. The van der Waals surface area contributed by atoms with Gasteiger partial charge in [-0.05, 0) is 37.1 Å². The molecule has 1 fully saturated rings. The Morgan fingerprint density at radius 3 is 2.07 bits per heavy atom. The highest BCUT2D eigenvalue weighted by atomic mass is 16.6. The standard InChI is InChI=1S/C12H18N2O/c13-15-12-7-5-11(6-8-12)14-9-3-1-2-4-10-14/h5-8H,1-4,9-10,13H2. The molecule has 0 radical (unpaired) electrons. The molecule has 2 rings (SSSR count). The summed E-state index contributed by atoms with van der Waals surface area (Å²) in [7, 11) is 0. The third-order valence-corrected chi connectivity index (χ3v) is 2.94. The molecule has 0 spiro atoms. The van der Waals surface area contributed by atoms with Gasteiger partial charge in [0.15, 0.2) is 0 Å². The minimum absolute atomic E-state index is 0.716. The fourth-order valence-corrected chi connectivity index (χ4v) is 2.06. The summed E-state index contributed by atoms with van der Waals surface area (Å²) in [6.45, 7) is 2.34. The Labute approximate surface area is 90.8 Å². The van der Waals surface area contributed by atoms with Crippen molar-refractivity contribution < 1.29 is 4.84 Å². The lowest BCUT2D eigenvalue weighted by Crippen LogP contribution is -2.23. The van der Waals surface area contributed by atoms with E-state index < -0.39 is 0 Å². The quantitative estimate of drug-likeness (QED) is 0.755. The summed E-state index contributed by atoms with van der Waals surface area (Å²) >= 11 is 0. The molecule has 2 N–H and O–H groups in total. The number of anilines is 1. The van der Waals surface area contributed by atoms with Crippen LogP contribution in [0.15, 0.2) is 24.3 Å². The van der Waals surface area contributed by atoms with Crippen LogP contribution in [0.25, 0.3) is 0 Å². The van der Waals surface area contributed by atoms with Crippen molar-refractivity contribution in [3.8, 4) is 5.75 Å². The molecule has 3 heteroatoms. The number of benzene rings is 1. The normalized spacial score (nSPS) is 17.3. The van der Waals surface area contributed by atoms with Gasteiger partial charge in [-0.25, -0.2) is 0 Å². The van der Waals surface area contributed by atoms with E-state index in [9.17, 15) is 0 Å². The Bertz CT molecular complexity index is 289. The van der Waals surface area contributed by atoms with Gasteiger partial charge in [0, 0.05) is 18.8 Å². The Kier molecular flexibility index (Phi) is 3.45. The summed E-state index contributed by atoms with van der Waals surface area (Å²) in [5.41, 5.74) is 1.28. The zero-order chi connectivity index (χ0) is 10.5. The van der Waals surface area contributed by atoms with E-state index in [-0.39, 0.29) is 0 Å². The lowest BCUT2D eigenvalue weighted by atomic mass is 10.2. The van der Waals surface area contributed by atoms with Gasteiger partial charge in [0.05, 0.1) is 0 Å². The topological polar surface area (TPSA) is 38.5 Å². The second kappa shape index (κ2) is 5.03. The fraction of sp³-hybridized carbons (Fsp3) is 0.500. The van der Waals surface area contributed by atoms with E-state index in [4.69, 9.17) is 5.90 Å². The van der Waals surface area contributed by atoms with Crippen molar-refractivity contribution in [1.29, 1.82) is 0 Å². The highest BCUT2D eigenvalue weighted by Gasteiger charge is 2.09. The van der Waals surface area contributed by atoms with Gasteiger partial charge in [0.25, 0.3) is 0 Å². The molecule has 1 saturated heterocycles. The maximum Gasteiger partial charge on any atom is 0.146 e. The summed E-state index contributed by atoms with van der Waals surface area (Å²) in [6.07, 6.45) is 5.32. The molecule has 1 aliphatic heterocycles. The largest absolute Gasteiger partial charge is 0.412 e. The average Bonchev–Trinajstić information content (AvgIpc) is 2.58. The monoisotopic (exact) mass is 206 g/mol. The van der Waals surface area contributed by atoms with E-state index in [1.54, 1.807) is 0 Å². The van der Waals surface area contributed by atoms with Crippen LogP contribution >= 0.6 is 0 Å². The molecular formula is C12H18N2O. The number of rotatable bonds is 2. The van der Waals surface area contributed by atoms with Gasteiger partial charge in [0.1, 0.15) is 5.75 Å². The third kappa shape index (κ3) is 2.63. The molecule has 82 valence electrons. The molecule has 0 aliphatic carbocycles. The third-order valence-electron chi connectivity index (χ3n) is 2.94. The summed E-state index contributed by atoms with van der Waals surface area (Å²) in [4.78, 5) is 7.10. The van der Waals surface area contributed by atoms with Crippen LogP contribution in [0.3, 0.4) is 0 Å². The summed E-state index contributed by atoms with van der Waals surface area (Å²) in [5, 5.41) is 0. The van der Waals surface area contributed by atoms with Crippen LogP contribution in [0.5, 0.6) is 5.75 Å². The zero-order valence-corrected chi connectivity index (χ0v) is 8.98. The van der Waals surface area contributed by atoms with Crippen LogP contribution in [0.4, 0.5) is 5.69 Å². The Morgan fingerprint density at radius 2 is 1.53 bits per heavy atom. The minimum Gasteiger partial charge on any atom is -0.412 e. The highest BCUT2D eigenvalue weighted by molar-refractivity contribution is 5.49. The van der Waals surface area contributed by atoms with Crippen LogP contribution < -0.4 is 15.6 Å². The molecule has 0 amide bonds. The second-order valence-corrected chi connectivity index (χ2v) is 4.01. The summed E-state index contributed by atoms with van der Waals surface area (Å²) < 4.78 is 0. The van der Waals surface area contributed by atoms with E-state index in [0.29, 0.717) is 5.75 Å². The molecule has 15 heavy (non-hydrogen) atoms. The Morgan fingerprint density at radius 1 is 0.933 bits per heavy atom. The van der Waals surface area contributed by atoms with Crippen LogP contribution in [-0.4, -0.2) is 13.1 Å². The van der Waals surface area contributed by atoms with Crippen LogP contribution in [-0.2, 0) is 0 Å². The lowest BCUT2D eigenvalue weighted by Gasteiger charge is -2.22. The second-order valence-electron chi connectivity index (χ2n) is 4.01. The Hall–Kier alpha value is -1.22. The molecule has 0 bridgehead atoms. The minimum atomic E-state index is 0.716. The van der Waals surface area contributed by atoms with Crippen molar-refractivity contribution in [2.75, 3.05) is 18.0 Å². The first-order valence-electron chi connectivity index (χ1n) is 5.62. The van der Waals surface area contributed by atoms with Gasteiger partial charge in [-0.2, -0.15) is 5.90 Å². The number of nitrogens with two attached hydrogens (primary N) is 1.